The van der Waals surface area contributed by atoms with Crippen molar-refractivity contribution in [1.29, 1.82) is 0 Å². The van der Waals surface area contributed by atoms with E-state index in [1.807, 2.05) is 0 Å². The minimum atomic E-state index is 0. The van der Waals surface area contributed by atoms with Crippen LogP contribution in [0.15, 0.2) is 0 Å². The SMILES string of the molecule is C1CO1.[Cr]. The van der Waals surface area contributed by atoms with Gasteiger partial charge in [-0.25, -0.2) is 0 Å². The molecule has 0 aliphatic carbocycles. The van der Waals surface area contributed by atoms with Crippen LogP contribution in [0.25, 0.3) is 0 Å². The summed E-state index contributed by atoms with van der Waals surface area (Å²) in [6.07, 6.45) is 0. The first-order chi connectivity index (χ1) is 1.50. The quantitative estimate of drug-likeness (QED) is 0.387. The normalized spacial score (nSPS) is 18.0. The van der Waals surface area contributed by atoms with Crippen molar-refractivity contribution in [3.63, 3.8) is 0 Å². The number of epoxide rings is 1. The molecule has 2 heteroatoms. The molecule has 24 valence electrons. The zero-order valence-electron chi connectivity index (χ0n) is 2.23. The van der Waals surface area contributed by atoms with E-state index < -0.39 is 0 Å². The van der Waals surface area contributed by atoms with E-state index in [1.54, 1.807) is 0 Å². The number of hydrogen-bond donors (Lipinski definition) is 0. The van der Waals surface area contributed by atoms with Gasteiger partial charge >= 0.3 is 0 Å². The van der Waals surface area contributed by atoms with Gasteiger partial charge in [-0.1, -0.05) is 0 Å². The van der Waals surface area contributed by atoms with Crippen LogP contribution in [0.4, 0.5) is 0 Å². The molecule has 0 radical (unpaired) electrons. The van der Waals surface area contributed by atoms with Gasteiger partial charge in [0, 0.05) is 17.4 Å². The Balaban J connectivity index is 0.0000000900. The second kappa shape index (κ2) is 1.78. The Hall–Kier alpha value is 0.492. The van der Waals surface area contributed by atoms with Crippen LogP contribution in [-0.2, 0) is 22.1 Å². The zero-order valence-corrected chi connectivity index (χ0v) is 3.51. The maximum Gasteiger partial charge on any atom is 0.0701 e. The molecule has 1 rings (SSSR count). The monoisotopic (exact) mass is 96.0 g/mol. The molecule has 1 aliphatic rings. The van der Waals surface area contributed by atoms with Gasteiger partial charge in [0.25, 0.3) is 0 Å². The summed E-state index contributed by atoms with van der Waals surface area (Å²) in [6, 6.07) is 0. The van der Waals surface area contributed by atoms with Crippen molar-refractivity contribution in [2.75, 3.05) is 13.2 Å². The Morgan fingerprint density at radius 1 is 1.25 bits per heavy atom. The molecule has 0 unspecified atom stereocenters. The van der Waals surface area contributed by atoms with Crippen LogP contribution in [0.1, 0.15) is 0 Å². The molecule has 0 atom stereocenters. The van der Waals surface area contributed by atoms with Crippen molar-refractivity contribution in [1.82, 2.24) is 0 Å². The van der Waals surface area contributed by atoms with Gasteiger partial charge in [0.15, 0.2) is 0 Å². The van der Waals surface area contributed by atoms with Gasteiger partial charge in [0.1, 0.15) is 0 Å². The first-order valence-electron chi connectivity index (χ1n) is 1.08. The number of hydrogen-bond acceptors (Lipinski definition) is 1. The molecule has 0 N–H and O–H groups in total. The average molecular weight is 96.0 g/mol. The van der Waals surface area contributed by atoms with Crippen molar-refractivity contribution in [2.24, 2.45) is 0 Å². The summed E-state index contributed by atoms with van der Waals surface area (Å²) in [5.74, 6) is 0. The largest absolute Gasteiger partial charge is 0.377 e. The Bertz CT molecular complexity index is 10.8. The van der Waals surface area contributed by atoms with Gasteiger partial charge in [0.05, 0.1) is 13.2 Å². The van der Waals surface area contributed by atoms with E-state index in [1.165, 1.54) is 0 Å². The second-order valence-corrected chi connectivity index (χ2v) is 0.612. The third-order valence-electron chi connectivity index (χ3n) is 0.204. The van der Waals surface area contributed by atoms with Crippen LogP contribution >= 0.6 is 0 Å². The first kappa shape index (κ1) is 4.49. The van der Waals surface area contributed by atoms with Crippen molar-refractivity contribution in [2.45, 2.75) is 0 Å². The minimum absolute atomic E-state index is 0. The summed E-state index contributed by atoms with van der Waals surface area (Å²) in [5.41, 5.74) is 0. The molecule has 0 amide bonds. The standard InChI is InChI=1S/C2H4O.Cr/c1-2-3-1;/h1-2H2;. The van der Waals surface area contributed by atoms with Crippen molar-refractivity contribution >= 4 is 0 Å². The van der Waals surface area contributed by atoms with Gasteiger partial charge in [0.2, 0.25) is 0 Å². The summed E-state index contributed by atoms with van der Waals surface area (Å²) in [5, 5.41) is 0. The average Bonchev–Trinajstić information content (AvgIpc) is 1.46. The summed E-state index contributed by atoms with van der Waals surface area (Å²) >= 11 is 0. The van der Waals surface area contributed by atoms with Crippen LogP contribution < -0.4 is 0 Å². The van der Waals surface area contributed by atoms with Crippen LogP contribution in [0.5, 0.6) is 0 Å². The van der Waals surface area contributed by atoms with E-state index in [9.17, 15) is 0 Å². The fourth-order valence-corrected chi connectivity index (χ4v) is 0. The molecular formula is C2H4CrO. The Labute approximate surface area is 36.1 Å². The second-order valence-electron chi connectivity index (χ2n) is 0.612. The van der Waals surface area contributed by atoms with Crippen LogP contribution in [0.2, 0.25) is 0 Å². The Kier molecular flexibility index (Phi) is 2.00. The fraction of sp³-hybridized carbons (Fsp3) is 1.00. The predicted octanol–water partition coefficient (Wildman–Crippen LogP) is 0.0141. The molecule has 1 nitrogen and oxygen atoms in total. The van der Waals surface area contributed by atoms with Crippen LogP contribution in [0, 0.1) is 0 Å². The number of rotatable bonds is 0. The topological polar surface area (TPSA) is 12.5 Å². The molecule has 4 heavy (non-hydrogen) atoms. The Morgan fingerprint density at radius 2 is 1.50 bits per heavy atom. The van der Waals surface area contributed by atoms with Gasteiger partial charge in [-0.15, -0.1) is 0 Å². The third-order valence-corrected chi connectivity index (χ3v) is 0.204. The molecule has 1 aliphatic heterocycles. The smallest absolute Gasteiger partial charge is 0.0701 e. The molecule has 0 aromatic heterocycles. The van der Waals surface area contributed by atoms with Crippen molar-refractivity contribution in [3.05, 3.63) is 0 Å². The molecule has 0 spiro atoms. The van der Waals surface area contributed by atoms with E-state index in [0.29, 0.717) is 0 Å². The minimum Gasteiger partial charge on any atom is -0.377 e. The van der Waals surface area contributed by atoms with Crippen molar-refractivity contribution in [3.8, 4) is 0 Å². The first-order valence-corrected chi connectivity index (χ1v) is 1.08. The summed E-state index contributed by atoms with van der Waals surface area (Å²) in [7, 11) is 0. The van der Waals surface area contributed by atoms with Gasteiger partial charge in [-0.2, -0.15) is 0 Å². The van der Waals surface area contributed by atoms with E-state index >= 15 is 0 Å². The predicted molar refractivity (Wildman–Crippen MR) is 10.8 cm³/mol. The van der Waals surface area contributed by atoms with Gasteiger partial charge in [-0.3, -0.25) is 0 Å². The molecule has 1 heterocycles. The van der Waals surface area contributed by atoms with E-state index in [0.717, 1.165) is 13.2 Å². The molecular weight excluding hydrogens is 92.0 g/mol. The van der Waals surface area contributed by atoms with E-state index in [-0.39, 0.29) is 17.4 Å². The van der Waals surface area contributed by atoms with Crippen molar-refractivity contribution < 1.29 is 22.1 Å². The summed E-state index contributed by atoms with van der Waals surface area (Å²) in [4.78, 5) is 0. The fourth-order valence-electron chi connectivity index (χ4n) is 0. The third kappa shape index (κ3) is 2.49. The molecule has 0 aromatic carbocycles. The van der Waals surface area contributed by atoms with Gasteiger partial charge < -0.3 is 4.74 Å². The summed E-state index contributed by atoms with van der Waals surface area (Å²) < 4.78 is 4.50. The number of ether oxygens (including phenoxy) is 1. The summed E-state index contributed by atoms with van der Waals surface area (Å²) in [6.45, 7) is 2.00. The molecule has 1 saturated heterocycles. The van der Waals surface area contributed by atoms with E-state index in [2.05, 4.69) is 4.74 Å². The van der Waals surface area contributed by atoms with Crippen LogP contribution in [-0.4, -0.2) is 13.2 Å². The molecule has 1 fully saturated rings. The maximum absolute atomic E-state index is 4.50. The van der Waals surface area contributed by atoms with Crippen LogP contribution in [0.3, 0.4) is 0 Å². The molecule has 0 aromatic rings. The molecule has 0 saturated carbocycles. The maximum atomic E-state index is 4.50. The van der Waals surface area contributed by atoms with E-state index in [4.69, 9.17) is 0 Å². The zero-order chi connectivity index (χ0) is 2.12. The van der Waals surface area contributed by atoms with Gasteiger partial charge in [-0.05, 0) is 0 Å². The Morgan fingerprint density at radius 3 is 1.50 bits per heavy atom. The molecule has 0 bridgehead atoms.